The number of benzene rings is 1. The average molecular weight is 236 g/mol. The van der Waals surface area contributed by atoms with Crippen LogP contribution < -0.4 is 5.32 Å². The van der Waals surface area contributed by atoms with E-state index in [2.05, 4.69) is 5.32 Å². The van der Waals surface area contributed by atoms with E-state index in [1.165, 1.54) is 12.1 Å². The van der Waals surface area contributed by atoms with Crippen LogP contribution in [0.3, 0.4) is 0 Å². The van der Waals surface area contributed by atoms with E-state index in [4.69, 9.17) is 10.4 Å². The summed E-state index contributed by atoms with van der Waals surface area (Å²) in [5.41, 5.74) is 0.834. The molecule has 0 aliphatic heterocycles. The van der Waals surface area contributed by atoms with Gasteiger partial charge in [-0.2, -0.15) is 5.26 Å². The number of rotatable bonds is 7. The standard InChI is InChI=1S/C13H17FN2O/c14-13-6-5-12(9-11(13)10-15)16-7-3-1-2-4-8-17/h5-6,9,16-17H,1-4,7-8H2. The number of nitrogens with one attached hydrogen (secondary N) is 1. The smallest absolute Gasteiger partial charge is 0.141 e. The van der Waals surface area contributed by atoms with Crippen LogP contribution in [0.15, 0.2) is 18.2 Å². The van der Waals surface area contributed by atoms with Crippen LogP contribution in [-0.2, 0) is 0 Å². The Morgan fingerprint density at radius 3 is 2.71 bits per heavy atom. The van der Waals surface area contributed by atoms with Crippen molar-refractivity contribution >= 4 is 5.69 Å². The Hall–Kier alpha value is -1.60. The summed E-state index contributed by atoms with van der Waals surface area (Å²) in [6, 6.07) is 6.26. The normalized spacial score (nSPS) is 9.94. The number of hydrogen-bond acceptors (Lipinski definition) is 3. The molecule has 0 bridgehead atoms. The maximum absolute atomic E-state index is 13.0. The van der Waals surface area contributed by atoms with E-state index >= 15 is 0 Å². The van der Waals surface area contributed by atoms with Gasteiger partial charge in [0.25, 0.3) is 0 Å². The Kier molecular flexibility index (Phi) is 6.05. The van der Waals surface area contributed by atoms with Crippen LogP contribution in [0, 0.1) is 17.1 Å². The monoisotopic (exact) mass is 236 g/mol. The molecule has 0 fully saturated rings. The zero-order valence-electron chi connectivity index (χ0n) is 9.75. The van der Waals surface area contributed by atoms with E-state index in [1.807, 2.05) is 6.07 Å². The second kappa shape index (κ2) is 7.64. The highest BCUT2D eigenvalue weighted by Gasteiger charge is 2.01. The quantitative estimate of drug-likeness (QED) is 0.715. The van der Waals surface area contributed by atoms with Gasteiger partial charge in [0.2, 0.25) is 0 Å². The minimum Gasteiger partial charge on any atom is -0.396 e. The van der Waals surface area contributed by atoms with Gasteiger partial charge in [0.05, 0.1) is 5.56 Å². The predicted octanol–water partition coefficient (Wildman–Crippen LogP) is 2.66. The van der Waals surface area contributed by atoms with E-state index < -0.39 is 5.82 Å². The van der Waals surface area contributed by atoms with Gasteiger partial charge in [-0.15, -0.1) is 0 Å². The molecule has 0 unspecified atom stereocenters. The molecule has 0 aliphatic carbocycles. The van der Waals surface area contributed by atoms with E-state index in [1.54, 1.807) is 6.07 Å². The molecule has 0 aromatic heterocycles. The first-order valence-electron chi connectivity index (χ1n) is 5.82. The molecule has 0 aliphatic rings. The first-order chi connectivity index (χ1) is 8.27. The van der Waals surface area contributed by atoms with Crippen molar-refractivity contribution in [3.05, 3.63) is 29.6 Å². The molecule has 4 heteroatoms. The van der Waals surface area contributed by atoms with Gasteiger partial charge in [-0.1, -0.05) is 12.8 Å². The lowest BCUT2D eigenvalue weighted by Gasteiger charge is -2.06. The molecule has 0 spiro atoms. The lowest BCUT2D eigenvalue weighted by atomic mass is 10.2. The van der Waals surface area contributed by atoms with E-state index in [9.17, 15) is 4.39 Å². The summed E-state index contributed by atoms with van der Waals surface area (Å²) in [6.07, 6.45) is 3.92. The van der Waals surface area contributed by atoms with Crippen molar-refractivity contribution in [3.63, 3.8) is 0 Å². The second-order valence-corrected chi connectivity index (χ2v) is 3.87. The highest BCUT2D eigenvalue weighted by atomic mass is 19.1. The Morgan fingerprint density at radius 2 is 2.00 bits per heavy atom. The molecular weight excluding hydrogens is 219 g/mol. The molecule has 0 radical (unpaired) electrons. The zero-order valence-corrected chi connectivity index (χ0v) is 9.75. The van der Waals surface area contributed by atoms with Gasteiger partial charge in [0, 0.05) is 18.8 Å². The van der Waals surface area contributed by atoms with Crippen LogP contribution in [0.4, 0.5) is 10.1 Å². The first kappa shape index (κ1) is 13.5. The van der Waals surface area contributed by atoms with E-state index in [0.29, 0.717) is 0 Å². The number of nitriles is 1. The molecule has 1 aromatic rings. The van der Waals surface area contributed by atoms with Gasteiger partial charge < -0.3 is 10.4 Å². The Morgan fingerprint density at radius 1 is 1.24 bits per heavy atom. The van der Waals surface area contributed by atoms with Crippen molar-refractivity contribution < 1.29 is 9.50 Å². The summed E-state index contributed by atoms with van der Waals surface area (Å²) in [4.78, 5) is 0. The van der Waals surface area contributed by atoms with Gasteiger partial charge in [0.1, 0.15) is 11.9 Å². The number of aliphatic hydroxyl groups excluding tert-OH is 1. The lowest BCUT2D eigenvalue weighted by Crippen LogP contribution is -2.02. The zero-order chi connectivity index (χ0) is 12.5. The molecule has 0 atom stereocenters. The molecule has 2 N–H and O–H groups in total. The summed E-state index contributed by atoms with van der Waals surface area (Å²) in [7, 11) is 0. The van der Waals surface area contributed by atoms with Crippen molar-refractivity contribution in [2.45, 2.75) is 25.7 Å². The highest BCUT2D eigenvalue weighted by Crippen LogP contribution is 2.14. The van der Waals surface area contributed by atoms with Crippen LogP contribution in [-0.4, -0.2) is 18.3 Å². The van der Waals surface area contributed by atoms with E-state index in [-0.39, 0.29) is 12.2 Å². The fourth-order valence-electron chi connectivity index (χ4n) is 1.54. The third-order valence-electron chi connectivity index (χ3n) is 2.50. The van der Waals surface area contributed by atoms with Gasteiger partial charge >= 0.3 is 0 Å². The molecule has 1 rings (SSSR count). The van der Waals surface area contributed by atoms with E-state index in [0.717, 1.165) is 37.9 Å². The molecule has 0 saturated heterocycles. The third-order valence-corrected chi connectivity index (χ3v) is 2.50. The summed E-state index contributed by atoms with van der Waals surface area (Å²) >= 11 is 0. The highest BCUT2D eigenvalue weighted by molar-refractivity contribution is 5.49. The van der Waals surface area contributed by atoms with Crippen molar-refractivity contribution in [2.75, 3.05) is 18.5 Å². The number of anilines is 1. The van der Waals surface area contributed by atoms with Gasteiger partial charge in [-0.05, 0) is 31.0 Å². The Balaban J connectivity index is 2.30. The third kappa shape index (κ3) is 4.83. The molecule has 0 amide bonds. The number of aliphatic hydroxyl groups is 1. The molecule has 1 aromatic carbocycles. The Bertz CT molecular complexity index is 387. The second-order valence-electron chi connectivity index (χ2n) is 3.87. The summed E-state index contributed by atoms with van der Waals surface area (Å²) in [5, 5.41) is 20.4. The largest absolute Gasteiger partial charge is 0.396 e. The maximum Gasteiger partial charge on any atom is 0.141 e. The lowest BCUT2D eigenvalue weighted by molar-refractivity contribution is 0.283. The summed E-state index contributed by atoms with van der Waals surface area (Å²) in [6.45, 7) is 1.04. The molecule has 0 saturated carbocycles. The fraction of sp³-hybridized carbons (Fsp3) is 0.462. The number of hydrogen-bond donors (Lipinski definition) is 2. The molecule has 0 heterocycles. The molecular formula is C13H17FN2O. The molecule has 92 valence electrons. The minimum absolute atomic E-state index is 0.0651. The van der Waals surface area contributed by atoms with Crippen LogP contribution in [0.5, 0.6) is 0 Å². The summed E-state index contributed by atoms with van der Waals surface area (Å²) < 4.78 is 13.0. The topological polar surface area (TPSA) is 56.0 Å². The van der Waals surface area contributed by atoms with Crippen LogP contribution in [0.1, 0.15) is 31.2 Å². The minimum atomic E-state index is -0.485. The van der Waals surface area contributed by atoms with Crippen molar-refractivity contribution in [1.29, 1.82) is 5.26 Å². The Labute approximate surface area is 101 Å². The predicted molar refractivity (Wildman–Crippen MR) is 65.2 cm³/mol. The van der Waals surface area contributed by atoms with Crippen molar-refractivity contribution in [1.82, 2.24) is 0 Å². The number of nitrogens with zero attached hydrogens (tertiary/aromatic N) is 1. The van der Waals surface area contributed by atoms with Crippen LogP contribution in [0.25, 0.3) is 0 Å². The molecule has 3 nitrogen and oxygen atoms in total. The van der Waals surface area contributed by atoms with Gasteiger partial charge in [-0.3, -0.25) is 0 Å². The summed E-state index contributed by atoms with van der Waals surface area (Å²) in [5.74, 6) is -0.485. The fourth-order valence-corrected chi connectivity index (χ4v) is 1.54. The van der Waals surface area contributed by atoms with Crippen LogP contribution >= 0.6 is 0 Å². The molecule has 17 heavy (non-hydrogen) atoms. The number of unbranched alkanes of at least 4 members (excludes halogenated alkanes) is 3. The SMILES string of the molecule is N#Cc1cc(NCCCCCCO)ccc1F. The van der Waals surface area contributed by atoms with Crippen molar-refractivity contribution in [3.8, 4) is 6.07 Å². The maximum atomic E-state index is 13.0. The van der Waals surface area contributed by atoms with Crippen molar-refractivity contribution in [2.24, 2.45) is 0 Å². The average Bonchev–Trinajstić information content (AvgIpc) is 2.35. The van der Waals surface area contributed by atoms with Gasteiger partial charge in [-0.25, -0.2) is 4.39 Å². The van der Waals surface area contributed by atoms with Crippen LogP contribution in [0.2, 0.25) is 0 Å². The first-order valence-corrected chi connectivity index (χ1v) is 5.82. The van der Waals surface area contributed by atoms with Gasteiger partial charge in [0.15, 0.2) is 0 Å². The number of halogens is 1.